The van der Waals surface area contributed by atoms with Crippen molar-refractivity contribution in [3.63, 3.8) is 0 Å². The van der Waals surface area contributed by atoms with Crippen molar-refractivity contribution in [3.8, 4) is 23.0 Å². The van der Waals surface area contributed by atoms with Gasteiger partial charge in [0, 0.05) is 40.8 Å². The first kappa shape index (κ1) is 27.4. The molecule has 0 aromatic heterocycles. The van der Waals surface area contributed by atoms with Gasteiger partial charge in [-0.1, -0.05) is 74.5 Å². The zero-order valence-electron chi connectivity index (χ0n) is 23.4. The largest absolute Gasteiger partial charge is 0.455 e. The van der Waals surface area contributed by atoms with E-state index >= 15 is 0 Å². The van der Waals surface area contributed by atoms with Gasteiger partial charge in [0.2, 0.25) is 0 Å². The number of para-hydroxylation sites is 4. The lowest BCUT2D eigenvalue weighted by Crippen LogP contribution is -2.32. The topological polar surface area (TPSA) is 93.2 Å². The molecule has 8 heteroatoms. The summed E-state index contributed by atoms with van der Waals surface area (Å²) in [5.41, 5.74) is 0.913. The van der Waals surface area contributed by atoms with Gasteiger partial charge >= 0.3 is 0 Å². The normalized spacial score (nSPS) is 14.7. The predicted molar refractivity (Wildman–Crippen MR) is 161 cm³/mol. The Morgan fingerprint density at radius 2 is 0.814 bits per heavy atom. The average molecular weight is 571 g/mol. The zero-order valence-corrected chi connectivity index (χ0v) is 23.4. The Bertz CT molecular complexity index is 1660. The molecule has 6 rings (SSSR count). The molecule has 2 aliphatic rings. The molecule has 0 saturated carbocycles. The Balaban J connectivity index is 1.56. The lowest BCUT2D eigenvalue weighted by Gasteiger charge is -2.33. The molecule has 2 aliphatic heterocycles. The minimum atomic E-state index is -0.918. The van der Waals surface area contributed by atoms with E-state index in [0.29, 0.717) is 34.1 Å². The van der Waals surface area contributed by atoms with Crippen molar-refractivity contribution in [3.05, 3.63) is 132 Å². The second-order valence-corrected chi connectivity index (χ2v) is 10.5. The van der Waals surface area contributed by atoms with Gasteiger partial charge in [-0.05, 0) is 36.4 Å². The number of anilines is 2. The van der Waals surface area contributed by atoms with E-state index in [1.165, 1.54) is 24.3 Å². The molecule has 4 aromatic carbocycles. The zero-order chi connectivity index (χ0) is 30.1. The molecule has 4 amide bonds. The molecular weight excluding hydrogens is 544 g/mol. The van der Waals surface area contributed by atoms with E-state index < -0.39 is 29.0 Å². The fraction of sp³-hybridized carbons (Fsp3) is 0.0857. The standard InChI is InChI=1S/C35H26N2O6/c1-35(2,25-15-9-17-27(36-29(38)19-20-30(36)39)33(25)42-23-11-5-3-6-12-23)26-16-10-18-28(37-31(40)21-22-32(37)41)34(26)43-24-13-7-4-8-14-24/h3-22H,1-2H3. The maximum Gasteiger partial charge on any atom is 0.258 e. The van der Waals surface area contributed by atoms with Gasteiger partial charge in [0.15, 0.2) is 11.5 Å². The van der Waals surface area contributed by atoms with E-state index in [-0.39, 0.29) is 11.4 Å². The fourth-order valence-electron chi connectivity index (χ4n) is 5.23. The molecular formula is C35H26N2O6. The van der Waals surface area contributed by atoms with Gasteiger partial charge in [0.25, 0.3) is 23.6 Å². The lowest BCUT2D eigenvalue weighted by molar-refractivity contribution is -0.121. The summed E-state index contributed by atoms with van der Waals surface area (Å²) < 4.78 is 12.9. The highest BCUT2D eigenvalue weighted by atomic mass is 16.5. The van der Waals surface area contributed by atoms with Crippen LogP contribution in [-0.4, -0.2) is 23.6 Å². The van der Waals surface area contributed by atoms with Crippen molar-refractivity contribution in [2.24, 2.45) is 0 Å². The van der Waals surface area contributed by atoms with Crippen molar-refractivity contribution in [2.75, 3.05) is 9.80 Å². The van der Waals surface area contributed by atoms with Crippen LogP contribution < -0.4 is 19.3 Å². The van der Waals surface area contributed by atoms with E-state index in [2.05, 4.69) is 0 Å². The Morgan fingerprint density at radius 1 is 0.465 bits per heavy atom. The van der Waals surface area contributed by atoms with E-state index in [1.54, 1.807) is 48.5 Å². The lowest BCUT2D eigenvalue weighted by atomic mass is 9.76. The minimum absolute atomic E-state index is 0.283. The number of ether oxygens (including phenoxy) is 2. The molecule has 0 radical (unpaired) electrons. The highest BCUT2D eigenvalue weighted by molar-refractivity contribution is 6.29. The third-order valence-corrected chi connectivity index (χ3v) is 7.36. The number of carbonyl (C=O) groups is 4. The molecule has 43 heavy (non-hydrogen) atoms. The van der Waals surface area contributed by atoms with Crippen molar-refractivity contribution in [1.29, 1.82) is 0 Å². The number of hydrogen-bond donors (Lipinski definition) is 0. The first-order chi connectivity index (χ1) is 20.8. The van der Waals surface area contributed by atoms with Crippen molar-refractivity contribution < 1.29 is 28.7 Å². The number of rotatable bonds is 8. The molecule has 2 heterocycles. The number of amides is 4. The maximum absolute atomic E-state index is 12.8. The first-order valence-electron chi connectivity index (χ1n) is 13.6. The number of benzene rings is 4. The molecule has 0 unspecified atom stereocenters. The van der Waals surface area contributed by atoms with Crippen molar-refractivity contribution in [1.82, 2.24) is 0 Å². The molecule has 0 aliphatic carbocycles. The summed E-state index contributed by atoms with van der Waals surface area (Å²) in [5, 5.41) is 0. The van der Waals surface area contributed by atoms with Gasteiger partial charge in [-0.2, -0.15) is 0 Å². The van der Waals surface area contributed by atoms with Crippen LogP contribution in [0.4, 0.5) is 11.4 Å². The Morgan fingerprint density at radius 3 is 1.16 bits per heavy atom. The Kier molecular flexibility index (Phi) is 6.95. The van der Waals surface area contributed by atoms with Crippen LogP contribution in [0.1, 0.15) is 25.0 Å². The molecule has 0 saturated heterocycles. The monoisotopic (exact) mass is 570 g/mol. The van der Waals surface area contributed by atoms with Gasteiger partial charge in [0.05, 0.1) is 11.4 Å². The van der Waals surface area contributed by atoms with Crippen LogP contribution in [-0.2, 0) is 24.6 Å². The molecule has 0 spiro atoms. The van der Waals surface area contributed by atoms with Crippen LogP contribution in [0.2, 0.25) is 0 Å². The molecule has 0 atom stereocenters. The summed E-state index contributed by atoms with van der Waals surface area (Å²) >= 11 is 0. The van der Waals surface area contributed by atoms with E-state index in [0.717, 1.165) is 9.80 Å². The minimum Gasteiger partial charge on any atom is -0.455 e. The smallest absolute Gasteiger partial charge is 0.258 e. The van der Waals surface area contributed by atoms with Gasteiger partial charge in [0.1, 0.15) is 11.5 Å². The molecule has 0 fully saturated rings. The van der Waals surface area contributed by atoms with Crippen LogP contribution in [0.3, 0.4) is 0 Å². The van der Waals surface area contributed by atoms with E-state index in [9.17, 15) is 19.2 Å². The number of hydrogen-bond acceptors (Lipinski definition) is 6. The number of nitrogens with zero attached hydrogens (tertiary/aromatic N) is 2. The third kappa shape index (κ3) is 4.99. The van der Waals surface area contributed by atoms with Crippen LogP contribution >= 0.6 is 0 Å². The quantitative estimate of drug-likeness (QED) is 0.226. The van der Waals surface area contributed by atoms with Gasteiger partial charge in [-0.3, -0.25) is 19.2 Å². The third-order valence-electron chi connectivity index (χ3n) is 7.36. The summed E-state index contributed by atoms with van der Waals surface area (Å²) in [4.78, 5) is 53.3. The Labute approximate surface area is 248 Å². The second kappa shape index (κ2) is 10.9. The average Bonchev–Trinajstić information content (AvgIpc) is 3.53. The summed E-state index contributed by atoms with van der Waals surface area (Å²) in [6, 6.07) is 28.7. The molecule has 0 bridgehead atoms. The molecule has 4 aromatic rings. The maximum atomic E-state index is 12.8. The number of carbonyl (C=O) groups excluding carboxylic acids is 4. The fourth-order valence-corrected chi connectivity index (χ4v) is 5.23. The molecule has 212 valence electrons. The highest BCUT2D eigenvalue weighted by Gasteiger charge is 2.38. The Hall–Kier alpha value is -5.76. The number of imide groups is 2. The summed E-state index contributed by atoms with van der Waals surface area (Å²) in [7, 11) is 0. The van der Waals surface area contributed by atoms with Crippen LogP contribution in [0.25, 0.3) is 0 Å². The molecule has 8 nitrogen and oxygen atoms in total. The molecule has 0 N–H and O–H groups in total. The summed E-state index contributed by atoms with van der Waals surface area (Å²) in [6.45, 7) is 3.89. The van der Waals surface area contributed by atoms with Crippen molar-refractivity contribution >= 4 is 35.0 Å². The van der Waals surface area contributed by atoms with Gasteiger partial charge in [-0.15, -0.1) is 0 Å². The predicted octanol–water partition coefficient (Wildman–Crippen LogP) is 6.46. The van der Waals surface area contributed by atoms with E-state index in [4.69, 9.17) is 9.47 Å². The summed E-state index contributed by atoms with van der Waals surface area (Å²) in [5.74, 6) is -0.304. The van der Waals surface area contributed by atoms with Crippen molar-refractivity contribution in [2.45, 2.75) is 19.3 Å². The van der Waals surface area contributed by atoms with Gasteiger partial charge in [-0.25, -0.2) is 9.80 Å². The second-order valence-electron chi connectivity index (χ2n) is 10.5. The first-order valence-corrected chi connectivity index (χ1v) is 13.6. The van der Waals surface area contributed by atoms with Crippen LogP contribution in [0.5, 0.6) is 23.0 Å². The van der Waals surface area contributed by atoms with E-state index in [1.807, 2.05) is 62.4 Å². The summed E-state index contributed by atoms with van der Waals surface area (Å²) in [6.07, 6.45) is 4.89. The SMILES string of the molecule is CC(C)(c1cccc(N2C(=O)C=CC2=O)c1Oc1ccccc1)c1cccc(N2C(=O)C=CC2=O)c1Oc1ccccc1. The van der Waals surface area contributed by atoms with Gasteiger partial charge < -0.3 is 9.47 Å². The highest BCUT2D eigenvalue weighted by Crippen LogP contribution is 2.50. The van der Waals surface area contributed by atoms with Crippen LogP contribution in [0.15, 0.2) is 121 Å². The van der Waals surface area contributed by atoms with Crippen LogP contribution in [0, 0.1) is 0 Å².